The smallest absolute Gasteiger partial charge is 0.0702 e. The molecule has 1 aliphatic rings. The molecule has 3 heteroatoms. The van der Waals surface area contributed by atoms with Crippen molar-refractivity contribution in [3.63, 3.8) is 0 Å². The highest BCUT2D eigenvalue weighted by Crippen LogP contribution is 2.22. The molecular weight excluding hydrogens is 258 g/mol. The molecule has 2 heterocycles. The maximum absolute atomic E-state index is 4.65. The molecule has 0 amide bonds. The maximum Gasteiger partial charge on any atom is 0.0702 e. The summed E-state index contributed by atoms with van der Waals surface area (Å²) in [7, 11) is 4.12. The zero-order valence-corrected chi connectivity index (χ0v) is 12.9. The van der Waals surface area contributed by atoms with E-state index in [2.05, 4.69) is 65.3 Å². The summed E-state index contributed by atoms with van der Waals surface area (Å²) in [5, 5.41) is 0. The second kappa shape index (κ2) is 6.27. The van der Waals surface area contributed by atoms with E-state index in [0.717, 1.165) is 12.2 Å². The van der Waals surface area contributed by atoms with Crippen LogP contribution in [-0.4, -0.2) is 37.1 Å². The van der Waals surface area contributed by atoms with Crippen LogP contribution in [0.5, 0.6) is 0 Å². The summed E-state index contributed by atoms with van der Waals surface area (Å²) in [4.78, 5) is 9.27. The summed E-state index contributed by atoms with van der Waals surface area (Å²) < 4.78 is 0. The number of anilines is 1. The molecule has 0 atom stereocenters. The minimum Gasteiger partial charge on any atom is -0.378 e. The molecule has 1 aromatic carbocycles. The first-order chi connectivity index (χ1) is 10.2. The second-order valence-corrected chi connectivity index (χ2v) is 5.98. The van der Waals surface area contributed by atoms with Gasteiger partial charge in [0.2, 0.25) is 0 Å². The van der Waals surface area contributed by atoms with Gasteiger partial charge in [0.25, 0.3) is 0 Å². The lowest BCUT2D eigenvalue weighted by Gasteiger charge is -2.15. The molecule has 0 N–H and O–H groups in total. The molecule has 3 nitrogen and oxygen atoms in total. The number of nitrogens with zero attached hydrogens (tertiary/aromatic N) is 3. The lowest BCUT2D eigenvalue weighted by Crippen LogP contribution is -2.18. The van der Waals surface area contributed by atoms with Gasteiger partial charge in [0.05, 0.1) is 5.69 Å². The predicted molar refractivity (Wildman–Crippen MR) is 88.5 cm³/mol. The average Bonchev–Trinajstić information content (AvgIpc) is 3.01. The Bertz CT molecular complexity index is 584. The zero-order valence-electron chi connectivity index (χ0n) is 12.9. The van der Waals surface area contributed by atoms with Crippen molar-refractivity contribution < 1.29 is 0 Å². The lowest BCUT2D eigenvalue weighted by atomic mass is 10.1. The molecule has 0 aliphatic carbocycles. The highest BCUT2D eigenvalue weighted by Gasteiger charge is 2.11. The van der Waals surface area contributed by atoms with Crippen molar-refractivity contribution in [3.8, 4) is 11.3 Å². The third-order valence-corrected chi connectivity index (χ3v) is 4.09. The fourth-order valence-corrected chi connectivity index (χ4v) is 2.83. The summed E-state index contributed by atoms with van der Waals surface area (Å²) in [5.74, 6) is 0. The molecule has 1 aliphatic heterocycles. The fourth-order valence-electron chi connectivity index (χ4n) is 2.83. The van der Waals surface area contributed by atoms with E-state index in [-0.39, 0.29) is 0 Å². The van der Waals surface area contributed by atoms with Gasteiger partial charge in [-0.3, -0.25) is 9.88 Å². The predicted octanol–water partition coefficient (Wildman–Crippen LogP) is 3.41. The first kappa shape index (κ1) is 14.1. The molecule has 2 aromatic rings. The number of rotatable bonds is 4. The number of hydrogen-bond donors (Lipinski definition) is 0. The molecule has 21 heavy (non-hydrogen) atoms. The summed E-state index contributed by atoms with van der Waals surface area (Å²) in [6.07, 6.45) is 4.70. The first-order valence-corrected chi connectivity index (χ1v) is 7.67. The van der Waals surface area contributed by atoms with Crippen molar-refractivity contribution in [2.75, 3.05) is 32.1 Å². The molecule has 0 saturated carbocycles. The topological polar surface area (TPSA) is 19.4 Å². The van der Waals surface area contributed by atoms with Crippen LogP contribution in [-0.2, 0) is 6.54 Å². The van der Waals surface area contributed by atoms with Gasteiger partial charge in [0.1, 0.15) is 0 Å². The SMILES string of the molecule is CN(C)c1cccc(-c2ccc(CN3CCCC3)cn2)c1. The van der Waals surface area contributed by atoms with Crippen molar-refractivity contribution >= 4 is 5.69 Å². The number of aromatic nitrogens is 1. The molecule has 110 valence electrons. The third-order valence-electron chi connectivity index (χ3n) is 4.09. The van der Waals surface area contributed by atoms with Crippen LogP contribution in [0.25, 0.3) is 11.3 Å². The summed E-state index contributed by atoms with van der Waals surface area (Å²) >= 11 is 0. The van der Waals surface area contributed by atoms with Crippen molar-refractivity contribution in [1.29, 1.82) is 0 Å². The Morgan fingerprint density at radius 2 is 1.90 bits per heavy atom. The van der Waals surface area contributed by atoms with Crippen LogP contribution in [0, 0.1) is 0 Å². The Kier molecular flexibility index (Phi) is 4.20. The van der Waals surface area contributed by atoms with Gasteiger partial charge in [0.15, 0.2) is 0 Å². The van der Waals surface area contributed by atoms with E-state index in [1.807, 2.05) is 6.20 Å². The largest absolute Gasteiger partial charge is 0.378 e. The van der Waals surface area contributed by atoms with Crippen LogP contribution in [0.4, 0.5) is 5.69 Å². The molecule has 1 aromatic heterocycles. The fraction of sp³-hybridized carbons (Fsp3) is 0.389. The summed E-state index contributed by atoms with van der Waals surface area (Å²) in [6, 6.07) is 12.9. The first-order valence-electron chi connectivity index (χ1n) is 7.67. The third kappa shape index (κ3) is 3.42. The van der Waals surface area contributed by atoms with Crippen LogP contribution < -0.4 is 4.90 Å². The van der Waals surface area contributed by atoms with Crippen LogP contribution in [0.3, 0.4) is 0 Å². The molecule has 1 saturated heterocycles. The van der Waals surface area contributed by atoms with E-state index in [1.54, 1.807) is 0 Å². The lowest BCUT2D eigenvalue weighted by molar-refractivity contribution is 0.331. The van der Waals surface area contributed by atoms with Crippen LogP contribution in [0.15, 0.2) is 42.6 Å². The minimum atomic E-state index is 1.03. The van der Waals surface area contributed by atoms with Crippen LogP contribution in [0.2, 0.25) is 0 Å². The monoisotopic (exact) mass is 281 g/mol. The van der Waals surface area contributed by atoms with Crippen LogP contribution >= 0.6 is 0 Å². The number of pyridine rings is 1. The van der Waals surface area contributed by atoms with E-state index in [4.69, 9.17) is 0 Å². The summed E-state index contributed by atoms with van der Waals surface area (Å²) in [6.45, 7) is 3.49. The zero-order chi connectivity index (χ0) is 14.7. The van der Waals surface area contributed by atoms with Crippen LogP contribution in [0.1, 0.15) is 18.4 Å². The minimum absolute atomic E-state index is 1.03. The van der Waals surface area contributed by atoms with E-state index in [0.29, 0.717) is 0 Å². The van der Waals surface area contributed by atoms with Crippen molar-refractivity contribution in [1.82, 2.24) is 9.88 Å². The Morgan fingerprint density at radius 1 is 1.10 bits per heavy atom. The second-order valence-electron chi connectivity index (χ2n) is 5.98. The van der Waals surface area contributed by atoms with Gasteiger partial charge in [-0.15, -0.1) is 0 Å². The molecule has 0 spiro atoms. The normalized spacial score (nSPS) is 15.3. The maximum atomic E-state index is 4.65. The van der Waals surface area contributed by atoms with E-state index >= 15 is 0 Å². The number of likely N-dealkylation sites (tertiary alicyclic amines) is 1. The van der Waals surface area contributed by atoms with Gasteiger partial charge in [-0.1, -0.05) is 18.2 Å². The van der Waals surface area contributed by atoms with Crippen molar-refractivity contribution in [3.05, 3.63) is 48.2 Å². The molecular formula is C18H23N3. The highest BCUT2D eigenvalue weighted by molar-refractivity contribution is 5.65. The van der Waals surface area contributed by atoms with Gasteiger partial charge in [-0.05, 0) is 49.7 Å². The Hall–Kier alpha value is -1.87. The molecule has 0 bridgehead atoms. The molecule has 1 fully saturated rings. The average molecular weight is 281 g/mol. The summed E-state index contributed by atoms with van der Waals surface area (Å²) in [5.41, 5.74) is 4.73. The van der Waals surface area contributed by atoms with E-state index < -0.39 is 0 Å². The molecule has 3 rings (SSSR count). The molecule has 0 radical (unpaired) electrons. The number of benzene rings is 1. The Balaban J connectivity index is 1.75. The van der Waals surface area contributed by atoms with E-state index in [1.165, 1.54) is 42.7 Å². The Labute approximate surface area is 127 Å². The Morgan fingerprint density at radius 3 is 2.57 bits per heavy atom. The van der Waals surface area contributed by atoms with Gasteiger partial charge in [-0.2, -0.15) is 0 Å². The van der Waals surface area contributed by atoms with Gasteiger partial charge < -0.3 is 4.90 Å². The van der Waals surface area contributed by atoms with Gasteiger partial charge in [0, 0.05) is 38.1 Å². The standard InChI is InChI=1S/C18H23N3/c1-20(2)17-7-5-6-16(12-17)18-9-8-15(13-19-18)14-21-10-3-4-11-21/h5-9,12-13H,3-4,10-11,14H2,1-2H3. The molecule has 0 unspecified atom stereocenters. The number of hydrogen-bond acceptors (Lipinski definition) is 3. The van der Waals surface area contributed by atoms with Crippen molar-refractivity contribution in [2.45, 2.75) is 19.4 Å². The van der Waals surface area contributed by atoms with Gasteiger partial charge in [-0.25, -0.2) is 0 Å². The van der Waals surface area contributed by atoms with Gasteiger partial charge >= 0.3 is 0 Å². The van der Waals surface area contributed by atoms with Crippen molar-refractivity contribution in [2.24, 2.45) is 0 Å². The quantitative estimate of drug-likeness (QED) is 0.856. The highest BCUT2D eigenvalue weighted by atomic mass is 15.1. The van der Waals surface area contributed by atoms with E-state index in [9.17, 15) is 0 Å².